The van der Waals surface area contributed by atoms with Crippen molar-refractivity contribution < 1.29 is 14.5 Å². The quantitative estimate of drug-likeness (QED) is 0.160. The van der Waals surface area contributed by atoms with Gasteiger partial charge in [0.2, 0.25) is 0 Å². The van der Waals surface area contributed by atoms with Crippen LogP contribution in [0.4, 0.5) is 11.4 Å². The largest absolute Gasteiger partial charge is 0.422 e. The van der Waals surface area contributed by atoms with Crippen LogP contribution in [0.3, 0.4) is 0 Å². The Morgan fingerprint density at radius 3 is 2.41 bits per heavy atom. The number of nitrogen functional groups attached to an aromatic ring is 1. The molecule has 0 bridgehead atoms. The standard InChI is InChI=1S/C24H20N4O4/c1-15-14-20(21-12-13-27(26-21)18-6-4-3-5-7-18)22(25)16(2)23(15)32-24(29)17-8-10-19(11-9-17)28(30)31/h3-14H,25H2,1-2H3. The molecule has 0 amide bonds. The number of ether oxygens (including phenoxy) is 1. The molecule has 0 saturated carbocycles. The second kappa shape index (κ2) is 8.35. The molecule has 1 heterocycles. The van der Waals surface area contributed by atoms with Gasteiger partial charge >= 0.3 is 5.97 Å². The average Bonchev–Trinajstić information content (AvgIpc) is 3.29. The highest BCUT2D eigenvalue weighted by Gasteiger charge is 2.19. The van der Waals surface area contributed by atoms with Crippen LogP contribution in [0.15, 0.2) is 72.9 Å². The van der Waals surface area contributed by atoms with Crippen molar-refractivity contribution in [1.82, 2.24) is 9.78 Å². The van der Waals surface area contributed by atoms with Crippen LogP contribution < -0.4 is 10.5 Å². The number of hydrogen-bond acceptors (Lipinski definition) is 6. The molecule has 0 aliphatic carbocycles. The summed E-state index contributed by atoms with van der Waals surface area (Å²) < 4.78 is 7.36. The number of carbonyl (C=O) groups is 1. The van der Waals surface area contributed by atoms with E-state index in [2.05, 4.69) is 5.10 Å². The summed E-state index contributed by atoms with van der Waals surface area (Å²) in [7, 11) is 0. The highest BCUT2D eigenvalue weighted by molar-refractivity contribution is 5.92. The first kappa shape index (κ1) is 20.8. The topological polar surface area (TPSA) is 113 Å². The highest BCUT2D eigenvalue weighted by atomic mass is 16.6. The number of carbonyl (C=O) groups excluding carboxylic acids is 1. The molecule has 8 heteroatoms. The Morgan fingerprint density at radius 1 is 1.06 bits per heavy atom. The molecule has 0 unspecified atom stereocenters. The minimum absolute atomic E-state index is 0.0996. The lowest BCUT2D eigenvalue weighted by atomic mass is 10.0. The van der Waals surface area contributed by atoms with Gasteiger partial charge in [-0.05, 0) is 55.8 Å². The number of non-ortho nitro benzene ring substituents is 1. The van der Waals surface area contributed by atoms with Crippen LogP contribution in [0.25, 0.3) is 16.9 Å². The van der Waals surface area contributed by atoms with E-state index in [0.29, 0.717) is 22.7 Å². The van der Waals surface area contributed by atoms with E-state index >= 15 is 0 Å². The minimum atomic E-state index is -0.619. The first-order valence-corrected chi connectivity index (χ1v) is 9.83. The SMILES string of the molecule is Cc1cc(-c2ccn(-c3ccccc3)n2)c(N)c(C)c1OC(=O)c1ccc([N+](=O)[O-])cc1. The summed E-state index contributed by atoms with van der Waals surface area (Å²) in [6.45, 7) is 3.60. The van der Waals surface area contributed by atoms with E-state index in [1.54, 1.807) is 11.6 Å². The second-order valence-corrected chi connectivity index (χ2v) is 7.28. The van der Waals surface area contributed by atoms with Gasteiger partial charge in [-0.15, -0.1) is 0 Å². The normalized spacial score (nSPS) is 10.7. The molecule has 0 aliphatic heterocycles. The van der Waals surface area contributed by atoms with Crippen LogP contribution in [0.5, 0.6) is 5.75 Å². The van der Waals surface area contributed by atoms with Crippen molar-refractivity contribution in [2.24, 2.45) is 0 Å². The van der Waals surface area contributed by atoms with Crippen molar-refractivity contribution in [2.45, 2.75) is 13.8 Å². The van der Waals surface area contributed by atoms with E-state index in [-0.39, 0.29) is 11.3 Å². The van der Waals surface area contributed by atoms with Gasteiger partial charge in [-0.3, -0.25) is 10.1 Å². The number of nitrogens with zero attached hydrogens (tertiary/aromatic N) is 3. The number of rotatable bonds is 5. The number of nitro groups is 1. The van der Waals surface area contributed by atoms with E-state index in [1.165, 1.54) is 24.3 Å². The fourth-order valence-electron chi connectivity index (χ4n) is 3.41. The van der Waals surface area contributed by atoms with Gasteiger partial charge in [-0.25, -0.2) is 9.48 Å². The molecular formula is C24H20N4O4. The van der Waals surface area contributed by atoms with E-state index in [4.69, 9.17) is 10.5 Å². The lowest BCUT2D eigenvalue weighted by Gasteiger charge is -2.15. The number of benzene rings is 3. The Bertz CT molecular complexity index is 1310. The lowest BCUT2D eigenvalue weighted by molar-refractivity contribution is -0.384. The van der Waals surface area contributed by atoms with E-state index in [9.17, 15) is 14.9 Å². The predicted molar refractivity (Wildman–Crippen MR) is 121 cm³/mol. The summed E-state index contributed by atoms with van der Waals surface area (Å²) in [4.78, 5) is 22.9. The monoisotopic (exact) mass is 428 g/mol. The number of esters is 1. The van der Waals surface area contributed by atoms with E-state index < -0.39 is 10.9 Å². The molecule has 0 saturated heterocycles. The number of nitro benzene ring substituents is 1. The van der Waals surface area contributed by atoms with Gasteiger partial charge in [-0.1, -0.05) is 18.2 Å². The molecule has 3 aromatic carbocycles. The second-order valence-electron chi connectivity index (χ2n) is 7.28. The molecule has 0 radical (unpaired) electrons. The molecule has 8 nitrogen and oxygen atoms in total. The number of nitrogens with two attached hydrogens (primary N) is 1. The van der Waals surface area contributed by atoms with Gasteiger partial charge in [0.15, 0.2) is 0 Å². The summed E-state index contributed by atoms with van der Waals surface area (Å²) in [5.74, 6) is -0.260. The molecular weight excluding hydrogens is 408 g/mol. The van der Waals surface area contributed by atoms with Crippen LogP contribution in [0.1, 0.15) is 21.5 Å². The zero-order valence-corrected chi connectivity index (χ0v) is 17.5. The summed E-state index contributed by atoms with van der Waals surface area (Å²) in [6, 6.07) is 18.7. The van der Waals surface area contributed by atoms with Gasteiger partial charge in [-0.2, -0.15) is 5.10 Å². The summed E-state index contributed by atoms with van der Waals surface area (Å²) in [6.07, 6.45) is 1.86. The Kier molecular flexibility index (Phi) is 5.43. The van der Waals surface area contributed by atoms with Crippen molar-refractivity contribution in [3.05, 3.63) is 99.7 Å². The van der Waals surface area contributed by atoms with Crippen LogP contribution in [0, 0.1) is 24.0 Å². The smallest absolute Gasteiger partial charge is 0.343 e. The zero-order chi connectivity index (χ0) is 22.8. The molecule has 4 rings (SSSR count). The molecule has 2 N–H and O–H groups in total. The molecule has 0 atom stereocenters. The molecule has 0 aliphatic rings. The molecule has 32 heavy (non-hydrogen) atoms. The Hall–Kier alpha value is -4.46. The van der Waals surface area contributed by atoms with Crippen LogP contribution in [-0.2, 0) is 0 Å². The first-order valence-electron chi connectivity index (χ1n) is 9.83. The van der Waals surface area contributed by atoms with Gasteiger partial charge in [0.25, 0.3) is 5.69 Å². The summed E-state index contributed by atoms with van der Waals surface area (Å²) >= 11 is 0. The van der Waals surface area contributed by atoms with Crippen molar-refractivity contribution in [1.29, 1.82) is 0 Å². The predicted octanol–water partition coefficient (Wildman–Crippen LogP) is 4.87. The van der Waals surface area contributed by atoms with Crippen molar-refractivity contribution in [2.75, 3.05) is 5.73 Å². The van der Waals surface area contributed by atoms with E-state index in [0.717, 1.165) is 16.8 Å². The minimum Gasteiger partial charge on any atom is -0.422 e. The van der Waals surface area contributed by atoms with E-state index in [1.807, 2.05) is 55.6 Å². The van der Waals surface area contributed by atoms with Crippen molar-refractivity contribution in [3.8, 4) is 22.7 Å². The van der Waals surface area contributed by atoms with Crippen LogP contribution in [0.2, 0.25) is 0 Å². The number of aromatic nitrogens is 2. The van der Waals surface area contributed by atoms with Crippen molar-refractivity contribution in [3.63, 3.8) is 0 Å². The molecule has 160 valence electrons. The first-order chi connectivity index (χ1) is 15.3. The Labute approximate surface area is 184 Å². The zero-order valence-electron chi connectivity index (χ0n) is 17.5. The molecule has 0 fully saturated rings. The number of anilines is 1. The number of aryl methyl sites for hydroxylation is 1. The van der Waals surface area contributed by atoms with Gasteiger partial charge in [0.1, 0.15) is 5.75 Å². The van der Waals surface area contributed by atoms with Crippen molar-refractivity contribution >= 4 is 17.3 Å². The average molecular weight is 428 g/mol. The molecule has 0 spiro atoms. The fraction of sp³-hybridized carbons (Fsp3) is 0.0833. The maximum atomic E-state index is 12.6. The van der Waals surface area contributed by atoms with Gasteiger partial charge < -0.3 is 10.5 Å². The third-order valence-corrected chi connectivity index (χ3v) is 5.15. The Morgan fingerprint density at radius 2 is 1.75 bits per heavy atom. The summed E-state index contributed by atoms with van der Waals surface area (Å²) in [5, 5.41) is 15.4. The van der Waals surface area contributed by atoms with Gasteiger partial charge in [0.05, 0.1) is 21.9 Å². The van der Waals surface area contributed by atoms with Crippen LogP contribution in [-0.4, -0.2) is 20.7 Å². The number of hydrogen-bond donors (Lipinski definition) is 1. The molecule has 4 aromatic rings. The molecule has 1 aromatic heterocycles. The highest BCUT2D eigenvalue weighted by Crippen LogP contribution is 2.36. The third-order valence-electron chi connectivity index (χ3n) is 5.15. The maximum absolute atomic E-state index is 12.6. The lowest BCUT2D eigenvalue weighted by Crippen LogP contribution is -2.11. The Balaban J connectivity index is 1.62. The maximum Gasteiger partial charge on any atom is 0.343 e. The fourth-order valence-corrected chi connectivity index (χ4v) is 3.41. The third kappa shape index (κ3) is 3.93. The summed E-state index contributed by atoms with van der Waals surface area (Å²) in [5.41, 5.74) is 10.7. The van der Waals surface area contributed by atoms with Crippen LogP contribution >= 0.6 is 0 Å². The van der Waals surface area contributed by atoms with Gasteiger partial charge in [0, 0.05) is 35.1 Å². The number of para-hydroxylation sites is 1.